The fourth-order valence-electron chi connectivity index (χ4n) is 3.42. The van der Waals surface area contributed by atoms with E-state index in [0.717, 1.165) is 31.2 Å². The van der Waals surface area contributed by atoms with Gasteiger partial charge in [-0.1, -0.05) is 19.8 Å². The highest BCUT2D eigenvalue weighted by Crippen LogP contribution is 2.28. The summed E-state index contributed by atoms with van der Waals surface area (Å²) in [6, 6.07) is 0.416. The highest BCUT2D eigenvalue weighted by atomic mass is 19.4. The van der Waals surface area contributed by atoms with Crippen LogP contribution in [0.2, 0.25) is 0 Å². The molecule has 2 nitrogen and oxygen atoms in total. The van der Waals surface area contributed by atoms with Gasteiger partial charge >= 0.3 is 6.18 Å². The molecule has 5 heteroatoms. The summed E-state index contributed by atoms with van der Waals surface area (Å²) in [7, 11) is 0. The van der Waals surface area contributed by atoms with Gasteiger partial charge in [0.2, 0.25) is 0 Å². The Morgan fingerprint density at radius 1 is 1.00 bits per heavy atom. The minimum absolute atomic E-state index is 0.416. The van der Waals surface area contributed by atoms with Gasteiger partial charge in [0.1, 0.15) is 0 Å². The number of likely N-dealkylation sites (tertiary alicyclic amines) is 1. The summed E-state index contributed by atoms with van der Waals surface area (Å²) in [4.78, 5) is 1.53. The van der Waals surface area contributed by atoms with Crippen molar-refractivity contribution in [2.24, 2.45) is 11.8 Å². The molecule has 1 saturated heterocycles. The molecule has 1 N–H and O–H groups in total. The van der Waals surface area contributed by atoms with Crippen LogP contribution in [0, 0.1) is 11.8 Å². The van der Waals surface area contributed by atoms with E-state index in [-0.39, 0.29) is 0 Å². The monoisotopic (exact) mass is 292 g/mol. The molecule has 0 amide bonds. The van der Waals surface area contributed by atoms with Crippen LogP contribution in [-0.2, 0) is 0 Å². The third kappa shape index (κ3) is 5.60. The third-order valence-electron chi connectivity index (χ3n) is 4.82. The number of piperidine rings is 1. The van der Waals surface area contributed by atoms with E-state index in [2.05, 4.69) is 12.2 Å². The number of rotatable bonds is 4. The van der Waals surface area contributed by atoms with Crippen LogP contribution in [-0.4, -0.2) is 43.3 Å². The molecule has 0 spiro atoms. The number of hydrogen-bond donors (Lipinski definition) is 1. The average molecular weight is 292 g/mol. The van der Waals surface area contributed by atoms with Crippen molar-refractivity contribution >= 4 is 0 Å². The molecule has 0 radical (unpaired) electrons. The topological polar surface area (TPSA) is 15.3 Å². The van der Waals surface area contributed by atoms with Crippen molar-refractivity contribution in [3.63, 3.8) is 0 Å². The summed E-state index contributed by atoms with van der Waals surface area (Å²) in [6.07, 6.45) is 2.91. The van der Waals surface area contributed by atoms with Gasteiger partial charge in [0.15, 0.2) is 0 Å². The molecule has 118 valence electrons. The second-order valence-electron chi connectivity index (χ2n) is 6.70. The molecule has 2 fully saturated rings. The quantitative estimate of drug-likeness (QED) is 0.854. The molecule has 0 aromatic heterocycles. The van der Waals surface area contributed by atoms with Crippen LogP contribution in [0.1, 0.15) is 45.4 Å². The van der Waals surface area contributed by atoms with Crippen molar-refractivity contribution in [2.45, 2.75) is 57.7 Å². The van der Waals surface area contributed by atoms with Crippen molar-refractivity contribution in [3.05, 3.63) is 0 Å². The molecule has 1 saturated carbocycles. The van der Waals surface area contributed by atoms with Gasteiger partial charge in [-0.2, -0.15) is 13.2 Å². The SMILES string of the molecule is CC1CCC(CNC2CCN(CC(F)(F)F)CC2)CC1. The first-order valence-corrected chi connectivity index (χ1v) is 7.95. The van der Waals surface area contributed by atoms with Crippen LogP contribution < -0.4 is 5.32 Å². The molecule has 20 heavy (non-hydrogen) atoms. The lowest BCUT2D eigenvalue weighted by molar-refractivity contribution is -0.148. The summed E-state index contributed by atoms with van der Waals surface area (Å²) < 4.78 is 36.9. The van der Waals surface area contributed by atoms with Gasteiger partial charge in [-0.15, -0.1) is 0 Å². The maximum absolute atomic E-state index is 12.3. The normalized spacial score (nSPS) is 30.6. The van der Waals surface area contributed by atoms with E-state index in [9.17, 15) is 13.2 Å². The molecular formula is C15H27F3N2. The van der Waals surface area contributed by atoms with Crippen LogP contribution >= 0.6 is 0 Å². The first-order valence-electron chi connectivity index (χ1n) is 7.95. The highest BCUT2D eigenvalue weighted by molar-refractivity contribution is 4.80. The van der Waals surface area contributed by atoms with E-state index in [1.807, 2.05) is 0 Å². The van der Waals surface area contributed by atoms with Crippen LogP contribution in [0.25, 0.3) is 0 Å². The summed E-state index contributed by atoms with van der Waals surface area (Å²) in [5.74, 6) is 1.65. The average Bonchev–Trinajstić information content (AvgIpc) is 2.38. The van der Waals surface area contributed by atoms with Crippen LogP contribution in [0.15, 0.2) is 0 Å². The van der Waals surface area contributed by atoms with Crippen molar-refractivity contribution in [1.29, 1.82) is 0 Å². The fraction of sp³-hybridized carbons (Fsp3) is 1.00. The summed E-state index contributed by atoms with van der Waals surface area (Å²) in [5, 5.41) is 3.58. The summed E-state index contributed by atoms with van der Waals surface area (Å²) in [6.45, 7) is 3.76. The van der Waals surface area contributed by atoms with E-state index in [4.69, 9.17) is 0 Å². The number of nitrogens with one attached hydrogen (secondary N) is 1. The van der Waals surface area contributed by atoms with Crippen LogP contribution in [0.4, 0.5) is 13.2 Å². The predicted octanol–water partition coefficient (Wildman–Crippen LogP) is 3.43. The zero-order chi connectivity index (χ0) is 14.6. The van der Waals surface area contributed by atoms with Crippen molar-refractivity contribution in [2.75, 3.05) is 26.2 Å². The van der Waals surface area contributed by atoms with Gasteiger partial charge in [-0.05, 0) is 57.2 Å². The first-order chi connectivity index (χ1) is 9.42. The highest BCUT2D eigenvalue weighted by Gasteiger charge is 2.32. The second kappa shape index (κ2) is 7.12. The van der Waals surface area contributed by atoms with E-state index >= 15 is 0 Å². The van der Waals surface area contributed by atoms with Crippen molar-refractivity contribution in [1.82, 2.24) is 10.2 Å². The lowest BCUT2D eigenvalue weighted by Crippen LogP contribution is -2.46. The first kappa shape index (κ1) is 16.1. The Kier molecular flexibility index (Phi) is 5.73. The molecular weight excluding hydrogens is 265 g/mol. The van der Waals surface area contributed by atoms with Gasteiger partial charge in [0.05, 0.1) is 6.54 Å². The second-order valence-corrected chi connectivity index (χ2v) is 6.70. The Bertz CT molecular complexity index is 277. The Morgan fingerprint density at radius 2 is 1.60 bits per heavy atom. The Hall–Kier alpha value is -0.290. The smallest absolute Gasteiger partial charge is 0.314 e. The number of hydrogen-bond acceptors (Lipinski definition) is 2. The van der Waals surface area contributed by atoms with Gasteiger partial charge in [-0.25, -0.2) is 0 Å². The van der Waals surface area contributed by atoms with E-state index in [1.54, 1.807) is 0 Å². The zero-order valence-corrected chi connectivity index (χ0v) is 12.4. The molecule has 2 aliphatic rings. The molecule has 1 aliphatic carbocycles. The van der Waals surface area contributed by atoms with Gasteiger partial charge in [-0.3, -0.25) is 4.90 Å². The van der Waals surface area contributed by atoms with Gasteiger partial charge in [0, 0.05) is 6.04 Å². The molecule has 0 atom stereocenters. The molecule has 0 aromatic rings. The number of alkyl halides is 3. The standard InChI is InChI=1S/C15H27F3N2/c1-12-2-4-13(5-3-12)10-19-14-6-8-20(9-7-14)11-15(16,17)18/h12-14,19H,2-11H2,1H3. The summed E-state index contributed by atoms with van der Waals surface area (Å²) >= 11 is 0. The Balaban J connectivity index is 1.60. The molecule has 0 unspecified atom stereocenters. The Labute approximate surface area is 120 Å². The van der Waals surface area contributed by atoms with E-state index in [0.29, 0.717) is 19.1 Å². The van der Waals surface area contributed by atoms with Gasteiger partial charge < -0.3 is 5.32 Å². The minimum Gasteiger partial charge on any atom is -0.314 e. The zero-order valence-electron chi connectivity index (χ0n) is 12.4. The summed E-state index contributed by atoms with van der Waals surface area (Å²) in [5.41, 5.74) is 0. The van der Waals surface area contributed by atoms with Crippen molar-refractivity contribution in [3.8, 4) is 0 Å². The predicted molar refractivity (Wildman–Crippen MR) is 74.6 cm³/mol. The number of halogens is 3. The molecule has 1 heterocycles. The van der Waals surface area contributed by atoms with Crippen LogP contribution in [0.3, 0.4) is 0 Å². The van der Waals surface area contributed by atoms with E-state index < -0.39 is 12.7 Å². The van der Waals surface area contributed by atoms with Crippen LogP contribution in [0.5, 0.6) is 0 Å². The maximum Gasteiger partial charge on any atom is 0.401 e. The lowest BCUT2D eigenvalue weighted by Gasteiger charge is -2.34. The molecule has 0 bridgehead atoms. The maximum atomic E-state index is 12.3. The van der Waals surface area contributed by atoms with E-state index in [1.165, 1.54) is 30.6 Å². The van der Waals surface area contributed by atoms with Gasteiger partial charge in [0.25, 0.3) is 0 Å². The lowest BCUT2D eigenvalue weighted by atomic mass is 9.83. The largest absolute Gasteiger partial charge is 0.401 e. The third-order valence-corrected chi connectivity index (χ3v) is 4.82. The number of nitrogens with zero attached hydrogens (tertiary/aromatic N) is 1. The molecule has 2 rings (SSSR count). The molecule has 1 aliphatic heterocycles. The molecule has 0 aromatic carbocycles. The fourth-order valence-corrected chi connectivity index (χ4v) is 3.42. The van der Waals surface area contributed by atoms with Crippen molar-refractivity contribution < 1.29 is 13.2 Å². The minimum atomic E-state index is -4.06. The Morgan fingerprint density at radius 3 is 2.15 bits per heavy atom.